The van der Waals surface area contributed by atoms with E-state index in [2.05, 4.69) is 26.2 Å². The number of carbonyl (C=O) groups excluding carboxylic acids is 2. The van der Waals surface area contributed by atoms with Gasteiger partial charge in [-0.2, -0.15) is 0 Å². The lowest BCUT2D eigenvalue weighted by molar-refractivity contribution is -0.117. The Hall–Kier alpha value is -1.96. The van der Waals surface area contributed by atoms with Gasteiger partial charge in [-0.15, -0.1) is 0 Å². The van der Waals surface area contributed by atoms with Crippen LogP contribution < -0.4 is 11.1 Å². The fourth-order valence-electron chi connectivity index (χ4n) is 3.13. The second-order valence-corrected chi connectivity index (χ2v) is 8.91. The highest BCUT2D eigenvalue weighted by Crippen LogP contribution is 2.29. The molecule has 1 saturated carbocycles. The average Bonchev–Trinajstić information content (AvgIpc) is 2.61. The summed E-state index contributed by atoms with van der Waals surface area (Å²) in [6.45, 7) is 5.99. The molecule has 0 aromatic heterocycles. The molecule has 0 aliphatic heterocycles. The van der Waals surface area contributed by atoms with Gasteiger partial charge in [0.05, 0.1) is 10.2 Å². The Morgan fingerprint density at radius 1 is 1.29 bits per heavy atom. The maximum Gasteiger partial charge on any atom is 0.407 e. The minimum Gasteiger partial charge on any atom is -0.444 e. The Bertz CT molecular complexity index is 754. The number of amides is 1. The van der Waals surface area contributed by atoms with Gasteiger partial charge in [0.15, 0.2) is 5.84 Å². The van der Waals surface area contributed by atoms with Crippen molar-refractivity contribution >= 4 is 39.3 Å². The van der Waals surface area contributed by atoms with Crippen LogP contribution in [0.25, 0.3) is 0 Å². The zero-order valence-corrected chi connectivity index (χ0v) is 18.0. The smallest absolute Gasteiger partial charge is 0.407 e. The number of nitrogens with one attached hydrogen (secondary N) is 1. The van der Waals surface area contributed by atoms with E-state index < -0.39 is 17.5 Å². The van der Waals surface area contributed by atoms with Crippen LogP contribution in [0.3, 0.4) is 0 Å². The molecular weight excluding hydrogens is 429 g/mol. The van der Waals surface area contributed by atoms with Crippen molar-refractivity contribution in [3.63, 3.8) is 0 Å². The first-order valence-corrected chi connectivity index (χ1v) is 10.1. The first kappa shape index (κ1) is 22.3. The summed E-state index contributed by atoms with van der Waals surface area (Å²) >= 11 is 3.09. The number of ketones is 1. The van der Waals surface area contributed by atoms with Crippen LogP contribution in [-0.4, -0.2) is 29.9 Å². The van der Waals surface area contributed by atoms with Gasteiger partial charge in [0.25, 0.3) is 0 Å². The van der Waals surface area contributed by atoms with Crippen molar-refractivity contribution in [2.75, 3.05) is 6.54 Å². The third-order valence-electron chi connectivity index (χ3n) is 4.56. The van der Waals surface area contributed by atoms with Crippen molar-refractivity contribution in [3.05, 3.63) is 28.5 Å². The van der Waals surface area contributed by atoms with E-state index in [4.69, 9.17) is 10.5 Å². The number of alkyl carbamates (subject to hydrolysis) is 1. The van der Waals surface area contributed by atoms with Crippen LogP contribution in [0.1, 0.15) is 46.5 Å². The number of benzene rings is 1. The number of hydrogen-bond donors (Lipinski definition) is 2. The van der Waals surface area contributed by atoms with Crippen molar-refractivity contribution in [1.29, 1.82) is 0 Å². The molecule has 6 nitrogen and oxygen atoms in total. The number of ether oxygens (including phenoxy) is 1. The summed E-state index contributed by atoms with van der Waals surface area (Å²) in [5.74, 6) is -0.511. The third-order valence-corrected chi connectivity index (χ3v) is 5.16. The fourth-order valence-corrected chi connectivity index (χ4v) is 3.50. The molecule has 1 aromatic rings. The van der Waals surface area contributed by atoms with Crippen molar-refractivity contribution in [3.8, 4) is 0 Å². The van der Waals surface area contributed by atoms with Crippen molar-refractivity contribution in [1.82, 2.24) is 5.32 Å². The van der Waals surface area contributed by atoms with Crippen molar-refractivity contribution in [2.45, 2.75) is 52.1 Å². The second-order valence-electron chi connectivity index (χ2n) is 8.06. The molecule has 0 spiro atoms. The molecule has 3 N–H and O–H groups in total. The van der Waals surface area contributed by atoms with E-state index in [1.807, 2.05) is 20.8 Å². The molecule has 1 amide bonds. The number of rotatable bonds is 5. The van der Waals surface area contributed by atoms with Crippen LogP contribution in [-0.2, 0) is 9.53 Å². The minimum absolute atomic E-state index is 0.0613. The maximum absolute atomic E-state index is 13.3. The van der Waals surface area contributed by atoms with Gasteiger partial charge in [0.2, 0.25) is 5.78 Å². The van der Waals surface area contributed by atoms with E-state index in [1.54, 1.807) is 0 Å². The summed E-state index contributed by atoms with van der Waals surface area (Å²) in [5, 5.41) is 2.79. The summed E-state index contributed by atoms with van der Waals surface area (Å²) in [6.07, 6.45) is 2.61. The van der Waals surface area contributed by atoms with Crippen LogP contribution in [0.5, 0.6) is 0 Å². The third kappa shape index (κ3) is 6.89. The number of carbonyl (C=O) groups is 2. The highest BCUT2D eigenvalue weighted by Gasteiger charge is 2.28. The van der Waals surface area contributed by atoms with Crippen LogP contribution >= 0.6 is 15.9 Å². The lowest BCUT2D eigenvalue weighted by Gasteiger charge is -2.28. The van der Waals surface area contributed by atoms with E-state index in [1.165, 1.54) is 18.2 Å². The molecule has 0 atom stereocenters. The van der Waals surface area contributed by atoms with Crippen LogP contribution in [0.2, 0.25) is 0 Å². The molecule has 0 radical (unpaired) electrons. The van der Waals surface area contributed by atoms with E-state index in [0.29, 0.717) is 31.0 Å². The van der Waals surface area contributed by atoms with Crippen LogP contribution in [0.4, 0.5) is 14.9 Å². The monoisotopic (exact) mass is 455 g/mol. The highest BCUT2D eigenvalue weighted by molar-refractivity contribution is 9.10. The molecule has 8 heteroatoms. The van der Waals surface area contributed by atoms with E-state index in [9.17, 15) is 14.0 Å². The van der Waals surface area contributed by atoms with Crippen molar-refractivity contribution in [2.24, 2.45) is 22.6 Å². The molecule has 0 heterocycles. The molecular formula is C20H27BrFN3O3. The fraction of sp³-hybridized carbons (Fsp3) is 0.550. The first-order valence-electron chi connectivity index (χ1n) is 9.35. The van der Waals surface area contributed by atoms with Gasteiger partial charge in [-0.25, -0.2) is 14.2 Å². The minimum atomic E-state index is -0.523. The quantitative estimate of drug-likeness (QED) is 0.505. The predicted molar refractivity (Wildman–Crippen MR) is 110 cm³/mol. The lowest BCUT2D eigenvalue weighted by atomic mass is 9.80. The zero-order valence-electron chi connectivity index (χ0n) is 16.4. The standard InChI is InChI=1S/C20H27BrFN3O3/c1-20(2,3)28-19(27)24-11-12-4-6-13(7-5-12)17(26)18(23)25-14-8-9-16(22)15(21)10-14/h8-10,12-13H,4-7,11H2,1-3H3,(H2,23,25)(H,24,27). The molecule has 2 rings (SSSR count). The number of halogens is 2. The predicted octanol–water partition coefficient (Wildman–Crippen LogP) is 4.48. The van der Waals surface area contributed by atoms with E-state index in [0.717, 1.165) is 12.8 Å². The van der Waals surface area contributed by atoms with Gasteiger partial charge in [0.1, 0.15) is 11.4 Å². The van der Waals surface area contributed by atoms with Gasteiger partial charge in [-0.05, 0) is 86.5 Å². The molecule has 1 aromatic carbocycles. The number of nitrogens with zero attached hydrogens (tertiary/aromatic N) is 1. The summed E-state index contributed by atoms with van der Waals surface area (Å²) in [6, 6.07) is 4.22. The Kier molecular flexibility index (Phi) is 7.57. The second kappa shape index (κ2) is 9.49. The van der Waals surface area contributed by atoms with Crippen LogP contribution in [0, 0.1) is 17.7 Å². The molecule has 28 heavy (non-hydrogen) atoms. The summed E-state index contributed by atoms with van der Waals surface area (Å²) in [5.41, 5.74) is 5.78. The van der Waals surface area contributed by atoms with E-state index >= 15 is 0 Å². The summed E-state index contributed by atoms with van der Waals surface area (Å²) in [7, 11) is 0. The largest absolute Gasteiger partial charge is 0.444 e. The number of hydrogen-bond acceptors (Lipinski definition) is 4. The lowest BCUT2D eigenvalue weighted by Crippen LogP contribution is -2.37. The number of nitrogens with two attached hydrogens (primary N) is 1. The van der Waals surface area contributed by atoms with E-state index in [-0.39, 0.29) is 22.0 Å². The Morgan fingerprint density at radius 2 is 1.93 bits per heavy atom. The van der Waals surface area contributed by atoms with Crippen molar-refractivity contribution < 1.29 is 18.7 Å². The summed E-state index contributed by atoms with van der Waals surface area (Å²) < 4.78 is 18.8. The van der Waals surface area contributed by atoms with Gasteiger partial charge in [-0.1, -0.05) is 0 Å². The number of Topliss-reactive ketones (excluding diaryl/α,β-unsaturated/α-hetero) is 1. The molecule has 1 aliphatic carbocycles. The Morgan fingerprint density at radius 3 is 2.50 bits per heavy atom. The number of amidine groups is 1. The topological polar surface area (TPSA) is 93.8 Å². The van der Waals surface area contributed by atoms with Crippen LogP contribution in [0.15, 0.2) is 27.7 Å². The average molecular weight is 456 g/mol. The Labute approximate surface area is 173 Å². The Balaban J connectivity index is 1.83. The molecule has 1 fully saturated rings. The normalized spacial score (nSPS) is 20.5. The summed E-state index contributed by atoms with van der Waals surface area (Å²) in [4.78, 5) is 28.4. The molecule has 1 aliphatic rings. The zero-order chi connectivity index (χ0) is 20.9. The highest BCUT2D eigenvalue weighted by atomic mass is 79.9. The van der Waals surface area contributed by atoms with Gasteiger partial charge >= 0.3 is 6.09 Å². The SMILES string of the molecule is CC(C)(C)OC(=O)NCC1CCC(C(=O)C(N)=Nc2ccc(F)c(Br)c2)CC1. The maximum atomic E-state index is 13.3. The first-order chi connectivity index (χ1) is 13.0. The molecule has 0 saturated heterocycles. The van der Waals surface area contributed by atoms with Gasteiger partial charge < -0.3 is 15.8 Å². The molecule has 0 bridgehead atoms. The molecule has 154 valence electrons. The van der Waals surface area contributed by atoms with Gasteiger partial charge in [-0.3, -0.25) is 4.79 Å². The number of aliphatic imine (C=N–C) groups is 1. The van der Waals surface area contributed by atoms with Gasteiger partial charge in [0, 0.05) is 12.5 Å². The molecule has 0 unspecified atom stereocenters.